The molecule has 0 amide bonds. The number of phenols is 1. The first-order valence-electron chi connectivity index (χ1n) is 5.06. The van der Waals surface area contributed by atoms with Gasteiger partial charge in [0.25, 0.3) is 0 Å². The Kier molecular flexibility index (Phi) is 3.79. The lowest BCUT2D eigenvalue weighted by Gasteiger charge is -2.06. The summed E-state index contributed by atoms with van der Waals surface area (Å²) >= 11 is 7.09. The molecule has 92 valence electrons. The van der Waals surface area contributed by atoms with Gasteiger partial charge in [-0.1, -0.05) is 35.5 Å². The van der Waals surface area contributed by atoms with Gasteiger partial charge in [0.05, 0.1) is 10.6 Å². The molecule has 2 aromatic carbocycles. The van der Waals surface area contributed by atoms with Crippen LogP contribution in [0.25, 0.3) is 0 Å². The number of carbonyl (C=O) groups is 1. The number of aromatic hydroxyl groups is 1. The van der Waals surface area contributed by atoms with E-state index in [0.29, 0.717) is 4.90 Å². The molecule has 0 radical (unpaired) electrons. The molecule has 2 aromatic rings. The standard InChI is InChI=1S/C13H9ClO3S/c14-10-7-8(5-6-11(10)15)18-12-4-2-1-3-9(12)13(16)17/h1-7,15H,(H,16,17). The van der Waals surface area contributed by atoms with Gasteiger partial charge in [0.1, 0.15) is 5.75 Å². The molecule has 0 aromatic heterocycles. The van der Waals surface area contributed by atoms with Gasteiger partial charge in [-0.25, -0.2) is 4.79 Å². The van der Waals surface area contributed by atoms with Gasteiger partial charge < -0.3 is 10.2 Å². The van der Waals surface area contributed by atoms with Crippen molar-refractivity contribution in [3.8, 4) is 5.75 Å². The molecule has 3 nitrogen and oxygen atoms in total. The zero-order valence-corrected chi connectivity index (χ0v) is 10.7. The summed E-state index contributed by atoms with van der Waals surface area (Å²) in [5, 5.41) is 18.6. The Labute approximate surface area is 113 Å². The minimum absolute atomic E-state index is 0.00698. The van der Waals surface area contributed by atoms with Crippen molar-refractivity contribution in [2.24, 2.45) is 0 Å². The van der Waals surface area contributed by atoms with E-state index in [9.17, 15) is 9.90 Å². The zero-order valence-electron chi connectivity index (χ0n) is 9.13. The van der Waals surface area contributed by atoms with Crippen LogP contribution >= 0.6 is 23.4 Å². The van der Waals surface area contributed by atoms with E-state index >= 15 is 0 Å². The molecule has 0 spiro atoms. The summed E-state index contributed by atoms with van der Waals surface area (Å²) in [6, 6.07) is 11.5. The Bertz CT molecular complexity index is 599. The van der Waals surface area contributed by atoms with Crippen LogP contribution in [0.5, 0.6) is 5.75 Å². The number of phenolic OH excluding ortho intramolecular Hbond substituents is 1. The lowest BCUT2D eigenvalue weighted by Crippen LogP contribution is -1.97. The molecule has 0 saturated heterocycles. The van der Waals surface area contributed by atoms with Gasteiger partial charge in [-0.2, -0.15) is 0 Å². The summed E-state index contributed by atoms with van der Waals surface area (Å²) < 4.78 is 0. The summed E-state index contributed by atoms with van der Waals surface area (Å²) in [5.41, 5.74) is 0.242. The van der Waals surface area contributed by atoms with Crippen molar-refractivity contribution in [3.05, 3.63) is 53.1 Å². The fourth-order valence-corrected chi connectivity index (χ4v) is 2.63. The van der Waals surface area contributed by atoms with Crippen molar-refractivity contribution < 1.29 is 15.0 Å². The van der Waals surface area contributed by atoms with Gasteiger partial charge in [-0.05, 0) is 30.3 Å². The normalized spacial score (nSPS) is 10.3. The number of hydrogen-bond acceptors (Lipinski definition) is 3. The summed E-state index contributed by atoms with van der Waals surface area (Å²) in [4.78, 5) is 12.5. The highest BCUT2D eigenvalue weighted by Crippen LogP contribution is 2.34. The van der Waals surface area contributed by atoms with E-state index in [1.54, 1.807) is 36.4 Å². The molecular formula is C13H9ClO3S. The predicted octanol–water partition coefficient (Wildman–Crippen LogP) is 3.90. The largest absolute Gasteiger partial charge is 0.506 e. The van der Waals surface area contributed by atoms with Crippen LogP contribution in [0, 0.1) is 0 Å². The Morgan fingerprint density at radius 2 is 1.89 bits per heavy atom. The van der Waals surface area contributed by atoms with E-state index in [2.05, 4.69) is 0 Å². The van der Waals surface area contributed by atoms with Crippen LogP contribution in [-0.2, 0) is 0 Å². The van der Waals surface area contributed by atoms with Crippen LogP contribution in [-0.4, -0.2) is 16.2 Å². The maximum absolute atomic E-state index is 11.1. The smallest absolute Gasteiger partial charge is 0.336 e. The highest BCUT2D eigenvalue weighted by atomic mass is 35.5. The van der Waals surface area contributed by atoms with Crippen LogP contribution in [0.3, 0.4) is 0 Å². The molecule has 2 rings (SSSR count). The van der Waals surface area contributed by atoms with E-state index in [-0.39, 0.29) is 16.3 Å². The van der Waals surface area contributed by atoms with Crippen LogP contribution in [0.4, 0.5) is 0 Å². The summed E-state index contributed by atoms with van der Waals surface area (Å²) in [7, 11) is 0. The van der Waals surface area contributed by atoms with Gasteiger partial charge in [-0.15, -0.1) is 0 Å². The maximum Gasteiger partial charge on any atom is 0.336 e. The fraction of sp³-hybridized carbons (Fsp3) is 0. The van der Waals surface area contributed by atoms with Gasteiger partial charge in [-0.3, -0.25) is 0 Å². The van der Waals surface area contributed by atoms with Crippen molar-refractivity contribution >= 4 is 29.3 Å². The van der Waals surface area contributed by atoms with Crippen LogP contribution < -0.4 is 0 Å². The number of carboxylic acid groups (broad SMARTS) is 1. The monoisotopic (exact) mass is 280 g/mol. The third-order valence-electron chi connectivity index (χ3n) is 2.26. The average Bonchev–Trinajstić information content (AvgIpc) is 2.34. The van der Waals surface area contributed by atoms with Crippen molar-refractivity contribution in [1.82, 2.24) is 0 Å². The van der Waals surface area contributed by atoms with E-state index in [1.165, 1.54) is 17.8 Å². The molecule has 2 N–H and O–H groups in total. The first kappa shape index (κ1) is 12.8. The SMILES string of the molecule is O=C(O)c1ccccc1Sc1ccc(O)c(Cl)c1. The van der Waals surface area contributed by atoms with E-state index in [0.717, 1.165) is 4.90 Å². The Morgan fingerprint density at radius 1 is 1.17 bits per heavy atom. The Hall–Kier alpha value is -1.65. The second-order valence-electron chi connectivity index (χ2n) is 3.52. The summed E-state index contributed by atoms with van der Waals surface area (Å²) in [5.74, 6) is -0.962. The van der Waals surface area contributed by atoms with Gasteiger partial charge in [0, 0.05) is 9.79 Å². The number of halogens is 1. The molecule has 0 saturated carbocycles. The highest BCUT2D eigenvalue weighted by Gasteiger charge is 2.10. The van der Waals surface area contributed by atoms with E-state index in [1.807, 2.05) is 0 Å². The Morgan fingerprint density at radius 3 is 2.56 bits per heavy atom. The lowest BCUT2D eigenvalue weighted by atomic mass is 10.2. The fourth-order valence-electron chi connectivity index (χ4n) is 1.41. The first-order valence-corrected chi connectivity index (χ1v) is 6.26. The number of carboxylic acids is 1. The summed E-state index contributed by atoms with van der Waals surface area (Å²) in [6.07, 6.45) is 0. The molecule has 0 bridgehead atoms. The van der Waals surface area contributed by atoms with E-state index < -0.39 is 5.97 Å². The van der Waals surface area contributed by atoms with Crippen molar-refractivity contribution in [2.75, 3.05) is 0 Å². The van der Waals surface area contributed by atoms with Crippen molar-refractivity contribution in [1.29, 1.82) is 0 Å². The third kappa shape index (κ3) is 2.78. The second kappa shape index (κ2) is 5.33. The van der Waals surface area contributed by atoms with Gasteiger partial charge in [0.2, 0.25) is 0 Å². The van der Waals surface area contributed by atoms with Crippen molar-refractivity contribution in [3.63, 3.8) is 0 Å². The zero-order chi connectivity index (χ0) is 13.1. The minimum atomic E-state index is -0.969. The lowest BCUT2D eigenvalue weighted by molar-refractivity contribution is 0.0693. The minimum Gasteiger partial charge on any atom is -0.506 e. The number of benzene rings is 2. The number of hydrogen-bond donors (Lipinski definition) is 2. The van der Waals surface area contributed by atoms with Crippen LogP contribution in [0.15, 0.2) is 52.3 Å². The molecular weight excluding hydrogens is 272 g/mol. The van der Waals surface area contributed by atoms with Crippen molar-refractivity contribution in [2.45, 2.75) is 9.79 Å². The maximum atomic E-state index is 11.1. The molecule has 0 aliphatic carbocycles. The summed E-state index contributed by atoms with van der Waals surface area (Å²) in [6.45, 7) is 0. The van der Waals surface area contributed by atoms with Crippen LogP contribution in [0.2, 0.25) is 5.02 Å². The predicted molar refractivity (Wildman–Crippen MR) is 70.6 cm³/mol. The number of rotatable bonds is 3. The van der Waals surface area contributed by atoms with Gasteiger partial charge in [0.15, 0.2) is 0 Å². The second-order valence-corrected chi connectivity index (χ2v) is 5.04. The third-order valence-corrected chi connectivity index (χ3v) is 3.63. The van der Waals surface area contributed by atoms with E-state index in [4.69, 9.17) is 16.7 Å². The average molecular weight is 281 g/mol. The molecule has 0 aliphatic rings. The first-order chi connectivity index (χ1) is 8.58. The molecule has 5 heteroatoms. The topological polar surface area (TPSA) is 57.5 Å². The molecule has 0 aliphatic heterocycles. The molecule has 0 atom stereocenters. The molecule has 0 fully saturated rings. The van der Waals surface area contributed by atoms with Crippen LogP contribution in [0.1, 0.15) is 10.4 Å². The van der Waals surface area contributed by atoms with Gasteiger partial charge >= 0.3 is 5.97 Å². The molecule has 18 heavy (non-hydrogen) atoms. The quantitative estimate of drug-likeness (QED) is 0.895. The Balaban J connectivity index is 2.34. The molecule has 0 heterocycles. The highest BCUT2D eigenvalue weighted by molar-refractivity contribution is 7.99. The molecule has 0 unspecified atom stereocenters. The number of aromatic carboxylic acids is 1.